The maximum absolute atomic E-state index is 12.2. The van der Waals surface area contributed by atoms with Crippen LogP contribution < -0.4 is 15.0 Å². The molecule has 1 saturated heterocycles. The first-order chi connectivity index (χ1) is 13.6. The smallest absolute Gasteiger partial charge is 0.224 e. The van der Waals surface area contributed by atoms with E-state index in [1.54, 1.807) is 18.2 Å². The molecule has 0 saturated carbocycles. The standard InChI is InChI=1S/C22H26N2O4/c1-17(25)18-5-2-8-21(15-18)28-12-4-9-22(26)23-19-6-3-7-20(16-19)24-10-13-27-14-11-24/h2-3,5-8,15-16H,4,9-14H2,1H3,(H,23,26). The van der Waals surface area contributed by atoms with Crippen molar-refractivity contribution in [3.05, 3.63) is 54.1 Å². The minimum atomic E-state index is -0.0415. The van der Waals surface area contributed by atoms with E-state index in [1.165, 1.54) is 6.92 Å². The number of ketones is 1. The molecular formula is C22H26N2O4. The normalized spacial score (nSPS) is 13.8. The van der Waals surface area contributed by atoms with Crippen LogP contribution in [-0.4, -0.2) is 44.6 Å². The molecule has 28 heavy (non-hydrogen) atoms. The van der Waals surface area contributed by atoms with Crippen LogP contribution in [0.3, 0.4) is 0 Å². The quantitative estimate of drug-likeness (QED) is 0.559. The van der Waals surface area contributed by atoms with Crippen LogP contribution in [0, 0.1) is 0 Å². The Labute approximate surface area is 165 Å². The molecule has 0 aromatic heterocycles. The second-order valence-corrected chi connectivity index (χ2v) is 6.73. The van der Waals surface area contributed by atoms with Crippen molar-refractivity contribution in [2.75, 3.05) is 43.1 Å². The van der Waals surface area contributed by atoms with Crippen LogP contribution in [0.25, 0.3) is 0 Å². The molecule has 0 atom stereocenters. The fourth-order valence-electron chi connectivity index (χ4n) is 3.05. The van der Waals surface area contributed by atoms with Crippen LogP contribution >= 0.6 is 0 Å². The molecule has 1 fully saturated rings. The zero-order valence-electron chi connectivity index (χ0n) is 16.1. The predicted octanol–water partition coefficient (Wildman–Crippen LogP) is 3.52. The lowest BCUT2D eigenvalue weighted by atomic mass is 10.1. The Morgan fingerprint density at radius 2 is 1.89 bits per heavy atom. The molecule has 6 nitrogen and oxygen atoms in total. The van der Waals surface area contributed by atoms with Crippen molar-refractivity contribution >= 4 is 23.1 Å². The maximum Gasteiger partial charge on any atom is 0.224 e. The van der Waals surface area contributed by atoms with Gasteiger partial charge in [0.1, 0.15) is 5.75 Å². The Hall–Kier alpha value is -2.86. The van der Waals surface area contributed by atoms with Gasteiger partial charge in [0.15, 0.2) is 5.78 Å². The average Bonchev–Trinajstić information content (AvgIpc) is 2.72. The van der Waals surface area contributed by atoms with Gasteiger partial charge in [0.2, 0.25) is 5.91 Å². The molecule has 1 aliphatic rings. The number of amides is 1. The minimum absolute atomic E-state index is 0.00383. The number of hydrogen-bond acceptors (Lipinski definition) is 5. The van der Waals surface area contributed by atoms with Crippen molar-refractivity contribution in [2.24, 2.45) is 0 Å². The Morgan fingerprint density at radius 1 is 1.11 bits per heavy atom. The molecule has 0 radical (unpaired) electrons. The Balaban J connectivity index is 1.43. The summed E-state index contributed by atoms with van der Waals surface area (Å²) in [6, 6.07) is 15.0. The van der Waals surface area contributed by atoms with Gasteiger partial charge in [-0.05, 0) is 43.7 Å². The second kappa shape index (κ2) is 9.90. The summed E-state index contributed by atoms with van der Waals surface area (Å²) in [5, 5.41) is 2.95. The van der Waals surface area contributed by atoms with E-state index in [0.717, 1.165) is 37.7 Å². The number of hydrogen-bond donors (Lipinski definition) is 1. The molecule has 6 heteroatoms. The highest BCUT2D eigenvalue weighted by atomic mass is 16.5. The van der Waals surface area contributed by atoms with E-state index in [1.807, 2.05) is 30.3 Å². The van der Waals surface area contributed by atoms with E-state index in [4.69, 9.17) is 9.47 Å². The van der Waals surface area contributed by atoms with Crippen molar-refractivity contribution in [3.8, 4) is 5.75 Å². The number of anilines is 2. The number of morpholine rings is 1. The van der Waals surface area contributed by atoms with Crippen LogP contribution in [0.1, 0.15) is 30.1 Å². The van der Waals surface area contributed by atoms with Crippen molar-refractivity contribution in [3.63, 3.8) is 0 Å². The summed E-state index contributed by atoms with van der Waals surface area (Å²) < 4.78 is 11.0. The molecule has 1 heterocycles. The number of Topliss-reactive ketones (excluding diaryl/α,β-unsaturated/α-hetero) is 1. The molecule has 2 aromatic carbocycles. The first kappa shape index (κ1) is 19.9. The molecule has 3 rings (SSSR count). The monoisotopic (exact) mass is 382 g/mol. The van der Waals surface area contributed by atoms with Crippen molar-refractivity contribution in [2.45, 2.75) is 19.8 Å². The number of nitrogens with one attached hydrogen (secondary N) is 1. The lowest BCUT2D eigenvalue weighted by Gasteiger charge is -2.29. The molecule has 0 unspecified atom stereocenters. The molecule has 1 N–H and O–H groups in total. The summed E-state index contributed by atoms with van der Waals surface area (Å²) in [7, 11) is 0. The SMILES string of the molecule is CC(=O)c1cccc(OCCCC(=O)Nc2cccc(N3CCOCC3)c2)c1. The third-order valence-corrected chi connectivity index (χ3v) is 4.56. The molecule has 0 aliphatic carbocycles. The topological polar surface area (TPSA) is 67.9 Å². The Morgan fingerprint density at radius 3 is 2.68 bits per heavy atom. The minimum Gasteiger partial charge on any atom is -0.494 e. The number of benzene rings is 2. The number of ether oxygens (including phenoxy) is 2. The van der Waals surface area contributed by atoms with Crippen molar-refractivity contribution < 1.29 is 19.1 Å². The molecule has 1 aliphatic heterocycles. The van der Waals surface area contributed by atoms with Gasteiger partial charge in [-0.2, -0.15) is 0 Å². The zero-order chi connectivity index (χ0) is 19.8. The van der Waals surface area contributed by atoms with Crippen LogP contribution in [0.2, 0.25) is 0 Å². The molecule has 2 aromatic rings. The van der Waals surface area contributed by atoms with Gasteiger partial charge in [0.25, 0.3) is 0 Å². The second-order valence-electron chi connectivity index (χ2n) is 6.73. The molecule has 148 valence electrons. The van der Waals surface area contributed by atoms with Gasteiger partial charge < -0.3 is 19.7 Å². The summed E-state index contributed by atoms with van der Waals surface area (Å²) in [6.07, 6.45) is 0.966. The van der Waals surface area contributed by atoms with E-state index in [0.29, 0.717) is 30.8 Å². The third kappa shape index (κ3) is 5.82. The first-order valence-electron chi connectivity index (χ1n) is 9.58. The van der Waals surface area contributed by atoms with Crippen molar-refractivity contribution in [1.82, 2.24) is 0 Å². The Bertz CT molecular complexity index is 816. The molecule has 1 amide bonds. The van der Waals surface area contributed by atoms with Crippen LogP contribution in [0.5, 0.6) is 5.75 Å². The van der Waals surface area contributed by atoms with E-state index >= 15 is 0 Å². The number of carbonyl (C=O) groups is 2. The molecule has 0 bridgehead atoms. The number of nitrogens with zero attached hydrogens (tertiary/aromatic N) is 1. The van der Waals surface area contributed by atoms with Crippen LogP contribution in [-0.2, 0) is 9.53 Å². The lowest BCUT2D eigenvalue weighted by molar-refractivity contribution is -0.116. The molecule has 0 spiro atoms. The van der Waals surface area contributed by atoms with Gasteiger partial charge in [-0.15, -0.1) is 0 Å². The van der Waals surface area contributed by atoms with Gasteiger partial charge in [0.05, 0.1) is 19.8 Å². The maximum atomic E-state index is 12.2. The predicted molar refractivity (Wildman–Crippen MR) is 109 cm³/mol. The van der Waals surface area contributed by atoms with Crippen LogP contribution in [0.4, 0.5) is 11.4 Å². The fourth-order valence-corrected chi connectivity index (χ4v) is 3.05. The average molecular weight is 382 g/mol. The highest BCUT2D eigenvalue weighted by Crippen LogP contribution is 2.21. The third-order valence-electron chi connectivity index (χ3n) is 4.56. The van der Waals surface area contributed by atoms with Gasteiger partial charge in [-0.25, -0.2) is 0 Å². The van der Waals surface area contributed by atoms with E-state index < -0.39 is 0 Å². The van der Waals surface area contributed by atoms with Gasteiger partial charge in [-0.3, -0.25) is 9.59 Å². The van der Waals surface area contributed by atoms with Crippen molar-refractivity contribution in [1.29, 1.82) is 0 Å². The number of rotatable bonds is 8. The van der Waals surface area contributed by atoms with E-state index in [2.05, 4.69) is 10.2 Å². The Kier molecular flexibility index (Phi) is 7.03. The highest BCUT2D eigenvalue weighted by molar-refractivity contribution is 5.94. The zero-order valence-corrected chi connectivity index (χ0v) is 16.1. The van der Waals surface area contributed by atoms with Gasteiger partial charge in [0, 0.05) is 36.4 Å². The largest absolute Gasteiger partial charge is 0.494 e. The van der Waals surface area contributed by atoms with E-state index in [-0.39, 0.29) is 11.7 Å². The lowest BCUT2D eigenvalue weighted by Crippen LogP contribution is -2.36. The molecular weight excluding hydrogens is 356 g/mol. The fraction of sp³-hybridized carbons (Fsp3) is 0.364. The summed E-state index contributed by atoms with van der Waals surface area (Å²) in [4.78, 5) is 25.9. The first-order valence-corrected chi connectivity index (χ1v) is 9.58. The van der Waals surface area contributed by atoms with Gasteiger partial charge >= 0.3 is 0 Å². The van der Waals surface area contributed by atoms with Crippen LogP contribution in [0.15, 0.2) is 48.5 Å². The van der Waals surface area contributed by atoms with Gasteiger partial charge in [-0.1, -0.05) is 18.2 Å². The highest BCUT2D eigenvalue weighted by Gasteiger charge is 2.12. The number of carbonyl (C=O) groups excluding carboxylic acids is 2. The summed E-state index contributed by atoms with van der Waals surface area (Å²) in [5.74, 6) is 0.607. The summed E-state index contributed by atoms with van der Waals surface area (Å²) in [6.45, 7) is 5.12. The summed E-state index contributed by atoms with van der Waals surface area (Å²) in [5.41, 5.74) is 2.51. The summed E-state index contributed by atoms with van der Waals surface area (Å²) >= 11 is 0. The van der Waals surface area contributed by atoms with E-state index in [9.17, 15) is 9.59 Å².